The van der Waals surface area contributed by atoms with Crippen LogP contribution in [0.25, 0.3) is 0 Å². The number of carbonyl (C=O) groups is 2. The SMILES string of the molecule is CCC12CN(C(=O)N1OS(=O)(=O)O)N(CC(=O)O)c1ccccc12. The van der Waals surface area contributed by atoms with Gasteiger partial charge in [0.1, 0.15) is 12.1 Å². The molecule has 1 fully saturated rings. The number of amides is 2. The smallest absolute Gasteiger partial charge is 0.418 e. The Balaban J connectivity index is 2.18. The molecule has 130 valence electrons. The summed E-state index contributed by atoms with van der Waals surface area (Å²) in [6, 6.07) is 5.82. The number of nitrogens with zero attached hydrogens (tertiary/aromatic N) is 3. The van der Waals surface area contributed by atoms with Crippen LogP contribution in [0.2, 0.25) is 0 Å². The van der Waals surface area contributed by atoms with Crippen molar-refractivity contribution in [2.75, 3.05) is 18.1 Å². The number of urea groups is 1. The molecule has 0 saturated carbocycles. The molecule has 2 amide bonds. The van der Waals surface area contributed by atoms with Gasteiger partial charge in [0.15, 0.2) is 0 Å². The van der Waals surface area contributed by atoms with Crippen LogP contribution in [0.4, 0.5) is 10.5 Å². The second-order valence-corrected chi connectivity index (χ2v) is 6.50. The van der Waals surface area contributed by atoms with Crippen molar-refractivity contribution in [1.29, 1.82) is 0 Å². The quantitative estimate of drug-likeness (QED) is 0.733. The zero-order valence-electron chi connectivity index (χ0n) is 12.6. The number of carboxylic acids is 1. The largest absolute Gasteiger partial charge is 0.480 e. The van der Waals surface area contributed by atoms with Gasteiger partial charge in [0.25, 0.3) is 0 Å². The number of aliphatic carboxylic acids is 1. The van der Waals surface area contributed by atoms with E-state index in [0.29, 0.717) is 22.7 Å². The normalized spacial score (nSPS) is 22.8. The van der Waals surface area contributed by atoms with Crippen molar-refractivity contribution < 1.29 is 31.9 Å². The minimum atomic E-state index is -4.93. The maximum atomic E-state index is 12.6. The number of hydroxylamine groups is 2. The van der Waals surface area contributed by atoms with E-state index in [1.165, 1.54) is 5.01 Å². The molecule has 3 rings (SSSR count). The summed E-state index contributed by atoms with van der Waals surface area (Å²) < 4.78 is 35.9. The molecule has 1 atom stereocenters. The van der Waals surface area contributed by atoms with E-state index in [4.69, 9.17) is 9.66 Å². The number of rotatable bonds is 5. The Bertz CT molecular complexity index is 812. The third kappa shape index (κ3) is 2.37. The van der Waals surface area contributed by atoms with Gasteiger partial charge in [-0.2, -0.15) is 13.5 Å². The van der Waals surface area contributed by atoms with E-state index < -0.39 is 34.5 Å². The summed E-state index contributed by atoms with van der Waals surface area (Å²) in [5, 5.41) is 12.1. The number of hydrazine groups is 1. The molecule has 2 heterocycles. The minimum Gasteiger partial charge on any atom is -0.480 e. The molecule has 1 aromatic rings. The molecular weight excluding hydrogens is 342 g/mol. The van der Waals surface area contributed by atoms with Crippen LogP contribution < -0.4 is 5.01 Å². The Kier molecular flexibility index (Phi) is 3.66. The summed E-state index contributed by atoms with van der Waals surface area (Å²) in [6.45, 7) is 1.26. The van der Waals surface area contributed by atoms with Gasteiger partial charge >= 0.3 is 22.4 Å². The molecule has 1 aromatic carbocycles. The topological polar surface area (TPSA) is 128 Å². The third-order valence-electron chi connectivity index (χ3n) is 4.21. The van der Waals surface area contributed by atoms with Crippen molar-refractivity contribution >= 4 is 28.1 Å². The first kappa shape index (κ1) is 16.5. The molecule has 2 bridgehead atoms. The molecular formula is C13H15N3O7S. The van der Waals surface area contributed by atoms with Crippen molar-refractivity contribution in [3.63, 3.8) is 0 Å². The summed E-state index contributed by atoms with van der Waals surface area (Å²) in [5.41, 5.74) is -0.152. The number of hydrogen-bond acceptors (Lipinski definition) is 6. The van der Waals surface area contributed by atoms with E-state index in [1.54, 1.807) is 31.2 Å². The van der Waals surface area contributed by atoms with Gasteiger partial charge in [0.05, 0.1) is 12.2 Å². The lowest BCUT2D eigenvalue weighted by Crippen LogP contribution is -2.51. The van der Waals surface area contributed by atoms with Gasteiger partial charge in [-0.05, 0) is 12.5 Å². The van der Waals surface area contributed by atoms with Gasteiger partial charge in [0.2, 0.25) is 0 Å². The molecule has 0 aliphatic carbocycles. The molecule has 10 nitrogen and oxygen atoms in total. The fraction of sp³-hybridized carbons (Fsp3) is 0.385. The number of hydrogen-bond donors (Lipinski definition) is 2. The maximum absolute atomic E-state index is 12.6. The van der Waals surface area contributed by atoms with Crippen molar-refractivity contribution in [1.82, 2.24) is 10.1 Å². The number of benzene rings is 1. The van der Waals surface area contributed by atoms with E-state index in [1.807, 2.05) is 0 Å². The second kappa shape index (κ2) is 5.33. The summed E-state index contributed by atoms with van der Waals surface area (Å²) in [4.78, 5) is 23.8. The Hall–Kier alpha value is -2.37. The predicted molar refractivity (Wildman–Crippen MR) is 80.0 cm³/mol. The number of para-hydroxylation sites is 1. The lowest BCUT2D eigenvalue weighted by molar-refractivity contribution is -0.135. The number of anilines is 1. The van der Waals surface area contributed by atoms with Crippen molar-refractivity contribution in [2.45, 2.75) is 18.9 Å². The van der Waals surface area contributed by atoms with Crippen LogP contribution in [0, 0.1) is 0 Å². The van der Waals surface area contributed by atoms with Crippen LogP contribution in [0.15, 0.2) is 24.3 Å². The van der Waals surface area contributed by atoms with Crippen LogP contribution >= 0.6 is 0 Å². The summed E-state index contributed by atoms with van der Waals surface area (Å²) in [5.74, 6) is -1.16. The highest BCUT2D eigenvalue weighted by Crippen LogP contribution is 2.48. The monoisotopic (exact) mass is 357 g/mol. The summed E-state index contributed by atoms with van der Waals surface area (Å²) in [7, 11) is -4.93. The van der Waals surface area contributed by atoms with Gasteiger partial charge in [-0.3, -0.25) is 14.4 Å². The molecule has 1 saturated heterocycles. The molecule has 11 heteroatoms. The Labute approximate surface area is 137 Å². The fourth-order valence-electron chi connectivity index (χ4n) is 3.21. The maximum Gasteiger partial charge on any atom is 0.418 e. The standard InChI is InChI=1S/C13H15N3O7S/c1-2-13-8-15(12(19)16(13)23-24(20,21)22)14(7-11(17)18)10-6-4-3-5-9(10)13/h3-6H,2,7-8H2,1H3,(H,17,18)(H,20,21,22). The van der Waals surface area contributed by atoms with Crippen LogP contribution in [-0.2, 0) is 25.0 Å². The second-order valence-electron chi connectivity index (χ2n) is 5.49. The van der Waals surface area contributed by atoms with Crippen molar-refractivity contribution in [3.8, 4) is 0 Å². The first-order chi connectivity index (χ1) is 11.2. The van der Waals surface area contributed by atoms with Crippen LogP contribution in [-0.4, -0.2) is 53.2 Å². The first-order valence-corrected chi connectivity index (χ1v) is 8.43. The van der Waals surface area contributed by atoms with E-state index in [0.717, 1.165) is 5.01 Å². The zero-order valence-corrected chi connectivity index (χ0v) is 13.4. The average Bonchev–Trinajstić information content (AvgIpc) is 2.74. The minimum absolute atomic E-state index is 0.00213. The molecule has 0 radical (unpaired) electrons. The zero-order chi connectivity index (χ0) is 17.7. The molecule has 2 N–H and O–H groups in total. The third-order valence-corrected chi connectivity index (χ3v) is 4.55. The fourth-order valence-corrected chi connectivity index (χ4v) is 3.61. The van der Waals surface area contributed by atoms with Crippen molar-refractivity contribution in [2.24, 2.45) is 0 Å². The Morgan fingerprint density at radius 1 is 1.38 bits per heavy atom. The first-order valence-electron chi connectivity index (χ1n) is 7.07. The average molecular weight is 357 g/mol. The summed E-state index contributed by atoms with van der Waals surface area (Å²) in [6.07, 6.45) is 0.294. The molecule has 1 unspecified atom stereocenters. The number of carboxylic acid groups (broad SMARTS) is 1. The lowest BCUT2D eigenvalue weighted by Gasteiger charge is -2.41. The molecule has 0 spiro atoms. The van der Waals surface area contributed by atoms with Gasteiger partial charge < -0.3 is 5.11 Å². The molecule has 2 aliphatic heterocycles. The lowest BCUT2D eigenvalue weighted by atomic mass is 9.85. The predicted octanol–water partition coefficient (Wildman–Crippen LogP) is 0.584. The van der Waals surface area contributed by atoms with Crippen LogP contribution in [0.3, 0.4) is 0 Å². The number of carbonyl (C=O) groups excluding carboxylic acids is 1. The Morgan fingerprint density at radius 2 is 2.04 bits per heavy atom. The van der Waals surface area contributed by atoms with E-state index in [2.05, 4.69) is 4.28 Å². The van der Waals surface area contributed by atoms with Crippen molar-refractivity contribution in [3.05, 3.63) is 29.8 Å². The van der Waals surface area contributed by atoms with E-state index >= 15 is 0 Å². The highest BCUT2D eigenvalue weighted by molar-refractivity contribution is 7.80. The van der Waals surface area contributed by atoms with Gasteiger partial charge in [-0.15, -0.1) is 4.28 Å². The van der Waals surface area contributed by atoms with Gasteiger partial charge in [-0.1, -0.05) is 25.1 Å². The highest BCUT2D eigenvalue weighted by atomic mass is 32.3. The van der Waals surface area contributed by atoms with Crippen LogP contribution in [0.1, 0.15) is 18.9 Å². The summed E-state index contributed by atoms with van der Waals surface area (Å²) >= 11 is 0. The van der Waals surface area contributed by atoms with Crippen LogP contribution in [0.5, 0.6) is 0 Å². The Morgan fingerprint density at radius 3 is 2.62 bits per heavy atom. The molecule has 24 heavy (non-hydrogen) atoms. The van der Waals surface area contributed by atoms with Gasteiger partial charge in [0, 0.05) is 5.56 Å². The highest BCUT2D eigenvalue weighted by Gasteiger charge is 2.59. The number of fused-ring (bicyclic) bond motifs is 4. The van der Waals surface area contributed by atoms with E-state index in [9.17, 15) is 18.0 Å². The molecule has 0 aromatic heterocycles. The van der Waals surface area contributed by atoms with E-state index in [-0.39, 0.29) is 6.54 Å². The van der Waals surface area contributed by atoms with Gasteiger partial charge in [-0.25, -0.2) is 9.80 Å². The molecule has 2 aliphatic rings.